The second-order valence-corrected chi connectivity index (χ2v) is 6.52. The third kappa shape index (κ3) is 1.48. The summed E-state index contributed by atoms with van der Waals surface area (Å²) in [5.41, 5.74) is 1.38. The van der Waals surface area contributed by atoms with Gasteiger partial charge in [0.25, 0.3) is 0 Å². The van der Waals surface area contributed by atoms with Crippen molar-refractivity contribution in [1.82, 2.24) is 0 Å². The molecule has 6 atom stereocenters. The quantitative estimate of drug-likeness (QED) is 0.708. The van der Waals surface area contributed by atoms with E-state index >= 15 is 0 Å². The minimum absolute atomic E-state index is 0.432. The third-order valence-corrected chi connectivity index (χ3v) is 5.85. The molecule has 0 aromatic rings. The van der Waals surface area contributed by atoms with E-state index in [1.54, 1.807) is 0 Å². The topological polar surface area (TPSA) is 20.2 Å². The molecule has 0 aromatic heterocycles. The first kappa shape index (κ1) is 10.8. The lowest BCUT2D eigenvalue weighted by Gasteiger charge is -2.38. The van der Waals surface area contributed by atoms with Crippen molar-refractivity contribution in [1.29, 1.82) is 0 Å². The lowest BCUT2D eigenvalue weighted by Crippen LogP contribution is -2.34. The Morgan fingerprint density at radius 3 is 2.50 bits per heavy atom. The van der Waals surface area contributed by atoms with Crippen LogP contribution in [0, 0.1) is 35.5 Å². The van der Waals surface area contributed by atoms with Gasteiger partial charge in [-0.15, -0.1) is 0 Å². The minimum Gasteiger partial charge on any atom is -0.396 e. The number of fused-ring (bicyclic) bond motifs is 4. The van der Waals surface area contributed by atoms with Gasteiger partial charge in [0.15, 0.2) is 0 Å². The van der Waals surface area contributed by atoms with Crippen molar-refractivity contribution in [2.75, 3.05) is 6.61 Å². The Kier molecular flexibility index (Phi) is 2.62. The van der Waals surface area contributed by atoms with Gasteiger partial charge in [-0.05, 0) is 74.5 Å². The molecule has 2 bridgehead atoms. The van der Waals surface area contributed by atoms with Gasteiger partial charge in [0.2, 0.25) is 0 Å². The number of hydrogen-bond acceptors (Lipinski definition) is 1. The van der Waals surface area contributed by atoms with Crippen molar-refractivity contribution in [3.05, 3.63) is 12.2 Å². The van der Waals surface area contributed by atoms with E-state index < -0.39 is 0 Å². The van der Waals surface area contributed by atoms with Crippen molar-refractivity contribution in [2.45, 2.75) is 39.0 Å². The molecule has 3 saturated carbocycles. The maximum atomic E-state index is 9.66. The Morgan fingerprint density at radius 1 is 1.12 bits per heavy atom. The van der Waals surface area contributed by atoms with Crippen LogP contribution in [-0.4, -0.2) is 11.7 Å². The molecule has 0 amide bonds. The summed E-state index contributed by atoms with van der Waals surface area (Å²) in [6, 6.07) is 0. The maximum Gasteiger partial charge on any atom is 0.0464 e. The Morgan fingerprint density at radius 2 is 1.81 bits per heavy atom. The van der Waals surface area contributed by atoms with Crippen LogP contribution >= 0.6 is 0 Å². The van der Waals surface area contributed by atoms with Crippen LogP contribution in [0.4, 0.5) is 0 Å². The molecular formula is C15H24O. The van der Waals surface area contributed by atoms with E-state index in [1.807, 2.05) is 0 Å². The largest absolute Gasteiger partial charge is 0.396 e. The summed E-state index contributed by atoms with van der Waals surface area (Å²) >= 11 is 0. The fourth-order valence-electron chi connectivity index (χ4n) is 5.00. The Balaban J connectivity index is 1.83. The maximum absolute atomic E-state index is 9.66. The predicted molar refractivity (Wildman–Crippen MR) is 65.9 cm³/mol. The average Bonchev–Trinajstić information content (AvgIpc) is 2.84. The van der Waals surface area contributed by atoms with Gasteiger partial charge < -0.3 is 5.11 Å². The van der Waals surface area contributed by atoms with Gasteiger partial charge in [-0.1, -0.05) is 12.2 Å². The summed E-state index contributed by atoms with van der Waals surface area (Å²) in [6.07, 6.45) is 6.92. The van der Waals surface area contributed by atoms with E-state index in [1.165, 1.54) is 37.7 Å². The lowest BCUT2D eigenvalue weighted by molar-refractivity contribution is 0.0542. The number of rotatable bonds is 2. The minimum atomic E-state index is 0.432. The molecular weight excluding hydrogens is 196 g/mol. The highest BCUT2D eigenvalue weighted by atomic mass is 16.3. The van der Waals surface area contributed by atoms with Gasteiger partial charge in [0.1, 0.15) is 0 Å². The second kappa shape index (κ2) is 3.87. The summed E-state index contributed by atoms with van der Waals surface area (Å²) in [6.45, 7) is 6.77. The molecule has 6 unspecified atom stereocenters. The third-order valence-electron chi connectivity index (χ3n) is 5.85. The summed E-state index contributed by atoms with van der Waals surface area (Å²) < 4.78 is 0. The van der Waals surface area contributed by atoms with E-state index in [4.69, 9.17) is 0 Å². The molecule has 0 saturated heterocycles. The van der Waals surface area contributed by atoms with E-state index in [0.29, 0.717) is 12.5 Å². The molecule has 3 fully saturated rings. The zero-order chi connectivity index (χ0) is 11.3. The second-order valence-electron chi connectivity index (χ2n) is 6.52. The zero-order valence-electron chi connectivity index (χ0n) is 10.4. The number of aliphatic hydroxyl groups excluding tert-OH is 1. The highest BCUT2D eigenvalue weighted by Crippen LogP contribution is 2.59. The van der Waals surface area contributed by atoms with Crippen molar-refractivity contribution in [3.8, 4) is 0 Å². The Hall–Kier alpha value is -0.300. The lowest BCUT2D eigenvalue weighted by atomic mass is 9.67. The Bertz CT molecular complexity index is 296. The van der Waals surface area contributed by atoms with E-state index in [0.717, 1.165) is 29.6 Å². The molecule has 0 aliphatic heterocycles. The molecule has 0 heterocycles. The first-order valence-electron chi connectivity index (χ1n) is 6.97. The van der Waals surface area contributed by atoms with Crippen molar-refractivity contribution < 1.29 is 5.11 Å². The van der Waals surface area contributed by atoms with E-state index in [2.05, 4.69) is 13.5 Å². The van der Waals surface area contributed by atoms with Crippen LogP contribution in [-0.2, 0) is 0 Å². The summed E-state index contributed by atoms with van der Waals surface area (Å²) in [5.74, 6) is 4.94. The number of allylic oxidation sites excluding steroid dienone is 1. The highest BCUT2D eigenvalue weighted by molar-refractivity contribution is 5.08. The summed E-state index contributed by atoms with van der Waals surface area (Å²) in [5, 5.41) is 9.66. The normalized spacial score (nSPS) is 50.4. The molecule has 90 valence electrons. The molecule has 1 nitrogen and oxygen atoms in total. The van der Waals surface area contributed by atoms with Crippen LogP contribution in [0.5, 0.6) is 0 Å². The molecule has 0 aromatic carbocycles. The van der Waals surface area contributed by atoms with Crippen LogP contribution in [0.3, 0.4) is 0 Å². The van der Waals surface area contributed by atoms with Gasteiger partial charge in [0.05, 0.1) is 0 Å². The standard InChI is InChI=1S/C15H24O/c1-9(2)12-6-13-10-3-4-11(5-10)15(8-16)14(13)7-12/h10-16H,1,3-8H2,2H3. The SMILES string of the molecule is C=C(C)C1CC2C3CCC(C3)C(CO)C2C1. The molecule has 3 rings (SSSR count). The first-order chi connectivity index (χ1) is 7.70. The smallest absolute Gasteiger partial charge is 0.0464 e. The van der Waals surface area contributed by atoms with Gasteiger partial charge in [-0.3, -0.25) is 0 Å². The molecule has 0 radical (unpaired) electrons. The molecule has 16 heavy (non-hydrogen) atoms. The molecule has 3 aliphatic rings. The van der Waals surface area contributed by atoms with Crippen LogP contribution in [0.15, 0.2) is 12.2 Å². The molecule has 3 aliphatic carbocycles. The molecule has 1 N–H and O–H groups in total. The predicted octanol–water partition coefficient (Wildman–Crippen LogP) is 3.24. The van der Waals surface area contributed by atoms with Crippen LogP contribution in [0.2, 0.25) is 0 Å². The van der Waals surface area contributed by atoms with E-state index in [-0.39, 0.29) is 0 Å². The Labute approximate surface area is 98.9 Å². The van der Waals surface area contributed by atoms with Crippen molar-refractivity contribution in [2.24, 2.45) is 35.5 Å². The summed E-state index contributed by atoms with van der Waals surface area (Å²) in [7, 11) is 0. The van der Waals surface area contributed by atoms with Crippen molar-refractivity contribution in [3.63, 3.8) is 0 Å². The summed E-state index contributed by atoms with van der Waals surface area (Å²) in [4.78, 5) is 0. The van der Waals surface area contributed by atoms with Gasteiger partial charge >= 0.3 is 0 Å². The molecule has 1 heteroatoms. The number of aliphatic hydroxyl groups is 1. The van der Waals surface area contributed by atoms with Crippen molar-refractivity contribution >= 4 is 0 Å². The van der Waals surface area contributed by atoms with Gasteiger partial charge in [-0.25, -0.2) is 0 Å². The van der Waals surface area contributed by atoms with Crippen LogP contribution in [0.25, 0.3) is 0 Å². The van der Waals surface area contributed by atoms with Crippen LogP contribution in [0.1, 0.15) is 39.0 Å². The fourth-order valence-corrected chi connectivity index (χ4v) is 5.00. The van der Waals surface area contributed by atoms with Gasteiger partial charge in [-0.2, -0.15) is 0 Å². The van der Waals surface area contributed by atoms with E-state index in [9.17, 15) is 5.11 Å². The number of hydrogen-bond donors (Lipinski definition) is 1. The zero-order valence-corrected chi connectivity index (χ0v) is 10.4. The average molecular weight is 220 g/mol. The first-order valence-corrected chi connectivity index (χ1v) is 6.97. The highest BCUT2D eigenvalue weighted by Gasteiger charge is 2.51. The van der Waals surface area contributed by atoms with Crippen LogP contribution < -0.4 is 0 Å². The molecule has 0 spiro atoms. The fraction of sp³-hybridized carbons (Fsp3) is 0.867. The van der Waals surface area contributed by atoms with Gasteiger partial charge in [0, 0.05) is 6.61 Å². The monoisotopic (exact) mass is 220 g/mol.